The van der Waals surface area contributed by atoms with E-state index in [0.717, 1.165) is 0 Å². The van der Waals surface area contributed by atoms with Crippen LogP contribution < -0.4 is 0 Å². The molecule has 3 heteroatoms. The third kappa shape index (κ3) is 2.30. The molecule has 0 aliphatic heterocycles. The van der Waals surface area contributed by atoms with E-state index in [1.165, 1.54) is 13.2 Å². The van der Waals surface area contributed by atoms with Gasteiger partial charge in [0.25, 0.3) is 0 Å². The molecule has 1 aromatic carbocycles. The number of hydrogen-bond acceptors (Lipinski definition) is 2. The maximum Gasteiger partial charge on any atom is 0.155 e. The van der Waals surface area contributed by atoms with Gasteiger partial charge < -0.3 is 4.74 Å². The van der Waals surface area contributed by atoms with Crippen LogP contribution in [0.25, 0.3) is 0 Å². The van der Waals surface area contributed by atoms with Gasteiger partial charge in [0.15, 0.2) is 5.60 Å². The molecule has 1 atom stereocenters. The Kier molecular flexibility index (Phi) is 3.21. The molecular weight excluding hydrogens is 181 g/mol. The monoisotopic (exact) mass is 193 g/mol. The van der Waals surface area contributed by atoms with Gasteiger partial charge in [-0.2, -0.15) is 5.26 Å². The summed E-state index contributed by atoms with van der Waals surface area (Å²) >= 11 is 0. The van der Waals surface area contributed by atoms with Crippen molar-refractivity contribution in [3.63, 3.8) is 0 Å². The van der Waals surface area contributed by atoms with Gasteiger partial charge in [0.2, 0.25) is 0 Å². The Bertz CT molecular complexity index is 359. The number of ether oxygens (including phenoxy) is 1. The number of hydrogen-bond donors (Lipinski definition) is 0. The van der Waals surface area contributed by atoms with E-state index >= 15 is 0 Å². The molecule has 1 rings (SSSR count). The van der Waals surface area contributed by atoms with Crippen LogP contribution in [-0.4, -0.2) is 12.7 Å². The fraction of sp³-hybridized carbons (Fsp3) is 0.364. The molecule has 0 fully saturated rings. The minimum atomic E-state index is -0.956. The Morgan fingerprint density at radius 2 is 2.14 bits per heavy atom. The SMILES string of the molecule is COC(C)(C#N)Cc1ccccc1F. The maximum atomic E-state index is 13.2. The number of benzene rings is 1. The highest BCUT2D eigenvalue weighted by atomic mass is 19.1. The van der Waals surface area contributed by atoms with Crippen LogP contribution >= 0.6 is 0 Å². The first-order valence-electron chi connectivity index (χ1n) is 4.31. The van der Waals surface area contributed by atoms with Crippen LogP contribution in [0, 0.1) is 17.1 Å². The lowest BCUT2D eigenvalue weighted by atomic mass is 9.97. The van der Waals surface area contributed by atoms with Crippen molar-refractivity contribution >= 4 is 0 Å². The molecule has 0 bridgehead atoms. The molecule has 2 nitrogen and oxygen atoms in total. The first-order chi connectivity index (χ1) is 6.61. The maximum absolute atomic E-state index is 13.2. The Labute approximate surface area is 82.9 Å². The van der Waals surface area contributed by atoms with E-state index in [1.807, 2.05) is 6.07 Å². The fourth-order valence-corrected chi connectivity index (χ4v) is 1.16. The summed E-state index contributed by atoms with van der Waals surface area (Å²) < 4.78 is 18.2. The molecule has 0 heterocycles. The van der Waals surface area contributed by atoms with Crippen molar-refractivity contribution in [2.45, 2.75) is 18.9 Å². The quantitative estimate of drug-likeness (QED) is 0.737. The Morgan fingerprint density at radius 1 is 1.50 bits per heavy atom. The second-order valence-corrected chi connectivity index (χ2v) is 3.31. The summed E-state index contributed by atoms with van der Waals surface area (Å²) in [6.45, 7) is 1.64. The van der Waals surface area contributed by atoms with E-state index in [0.29, 0.717) is 5.56 Å². The number of rotatable bonds is 3. The Balaban J connectivity index is 2.89. The molecule has 1 aromatic rings. The highest BCUT2D eigenvalue weighted by Gasteiger charge is 2.24. The molecular formula is C11H12FNO. The van der Waals surface area contributed by atoms with Crippen molar-refractivity contribution in [2.24, 2.45) is 0 Å². The molecule has 0 spiro atoms. The van der Waals surface area contributed by atoms with Crippen LogP contribution in [0.15, 0.2) is 24.3 Å². The predicted molar refractivity (Wildman–Crippen MR) is 51.1 cm³/mol. The third-order valence-electron chi connectivity index (χ3n) is 2.17. The van der Waals surface area contributed by atoms with E-state index in [2.05, 4.69) is 0 Å². The molecule has 0 saturated carbocycles. The van der Waals surface area contributed by atoms with Gasteiger partial charge >= 0.3 is 0 Å². The second kappa shape index (κ2) is 4.21. The highest BCUT2D eigenvalue weighted by molar-refractivity contribution is 5.21. The average molecular weight is 193 g/mol. The highest BCUT2D eigenvalue weighted by Crippen LogP contribution is 2.18. The van der Waals surface area contributed by atoms with Gasteiger partial charge in [-0.15, -0.1) is 0 Å². The van der Waals surface area contributed by atoms with E-state index in [1.54, 1.807) is 25.1 Å². The predicted octanol–water partition coefficient (Wildman–Crippen LogP) is 2.30. The standard InChI is InChI=1S/C11H12FNO/c1-11(8-13,14-2)7-9-5-3-4-6-10(9)12/h3-6H,7H2,1-2H3. The summed E-state index contributed by atoms with van der Waals surface area (Å²) in [5, 5.41) is 8.84. The number of halogens is 1. The summed E-state index contributed by atoms with van der Waals surface area (Å²) in [7, 11) is 1.45. The molecule has 0 aliphatic rings. The summed E-state index contributed by atoms with van der Waals surface area (Å²) in [6, 6.07) is 8.41. The van der Waals surface area contributed by atoms with Crippen LogP contribution in [0.1, 0.15) is 12.5 Å². The summed E-state index contributed by atoms with van der Waals surface area (Å²) in [5.74, 6) is -0.300. The van der Waals surface area contributed by atoms with Gasteiger partial charge in [-0.05, 0) is 18.6 Å². The van der Waals surface area contributed by atoms with Crippen molar-refractivity contribution in [3.8, 4) is 6.07 Å². The zero-order valence-corrected chi connectivity index (χ0v) is 8.25. The minimum Gasteiger partial charge on any atom is -0.363 e. The second-order valence-electron chi connectivity index (χ2n) is 3.31. The van der Waals surface area contributed by atoms with Gasteiger partial charge in [0.05, 0.1) is 6.07 Å². The first-order valence-corrected chi connectivity index (χ1v) is 4.31. The lowest BCUT2D eigenvalue weighted by molar-refractivity contribution is 0.0552. The number of nitrogens with zero attached hydrogens (tertiary/aromatic N) is 1. The molecule has 0 N–H and O–H groups in total. The average Bonchev–Trinajstić information content (AvgIpc) is 2.21. The van der Waals surface area contributed by atoms with Crippen molar-refractivity contribution in [1.29, 1.82) is 5.26 Å². The van der Waals surface area contributed by atoms with E-state index in [9.17, 15) is 4.39 Å². The molecule has 74 valence electrons. The van der Waals surface area contributed by atoms with E-state index in [4.69, 9.17) is 10.00 Å². The zero-order valence-electron chi connectivity index (χ0n) is 8.25. The van der Waals surface area contributed by atoms with Crippen LogP contribution in [0.4, 0.5) is 4.39 Å². The zero-order chi connectivity index (χ0) is 10.6. The van der Waals surface area contributed by atoms with Crippen molar-refractivity contribution in [2.75, 3.05) is 7.11 Å². The van der Waals surface area contributed by atoms with E-state index < -0.39 is 5.60 Å². The summed E-state index contributed by atoms with van der Waals surface area (Å²) in [6.07, 6.45) is 0.257. The minimum absolute atomic E-state index is 0.257. The Hall–Kier alpha value is -1.40. The van der Waals surface area contributed by atoms with Crippen molar-refractivity contribution in [3.05, 3.63) is 35.6 Å². The van der Waals surface area contributed by atoms with Gasteiger partial charge in [-0.3, -0.25) is 0 Å². The molecule has 0 saturated heterocycles. The molecule has 0 aliphatic carbocycles. The van der Waals surface area contributed by atoms with Gasteiger partial charge in [0.1, 0.15) is 5.82 Å². The number of methoxy groups -OCH3 is 1. The smallest absolute Gasteiger partial charge is 0.155 e. The molecule has 14 heavy (non-hydrogen) atoms. The van der Waals surface area contributed by atoms with Gasteiger partial charge in [-0.25, -0.2) is 4.39 Å². The largest absolute Gasteiger partial charge is 0.363 e. The van der Waals surface area contributed by atoms with Crippen LogP contribution in [0.3, 0.4) is 0 Å². The summed E-state index contributed by atoms with van der Waals surface area (Å²) in [5.41, 5.74) is -0.458. The van der Waals surface area contributed by atoms with Crippen LogP contribution in [0.2, 0.25) is 0 Å². The van der Waals surface area contributed by atoms with Crippen molar-refractivity contribution in [1.82, 2.24) is 0 Å². The molecule has 0 aromatic heterocycles. The normalized spacial score (nSPS) is 14.4. The third-order valence-corrected chi connectivity index (χ3v) is 2.17. The van der Waals surface area contributed by atoms with Crippen LogP contribution in [-0.2, 0) is 11.2 Å². The topological polar surface area (TPSA) is 33.0 Å². The lowest BCUT2D eigenvalue weighted by Crippen LogP contribution is -2.28. The molecule has 0 radical (unpaired) electrons. The first kappa shape index (κ1) is 10.7. The summed E-state index contributed by atoms with van der Waals surface area (Å²) in [4.78, 5) is 0. The van der Waals surface area contributed by atoms with Crippen molar-refractivity contribution < 1.29 is 9.13 Å². The fourth-order valence-electron chi connectivity index (χ4n) is 1.16. The molecule has 0 amide bonds. The van der Waals surface area contributed by atoms with Gasteiger partial charge in [0, 0.05) is 13.5 Å². The van der Waals surface area contributed by atoms with Crippen LogP contribution in [0.5, 0.6) is 0 Å². The van der Waals surface area contributed by atoms with Gasteiger partial charge in [-0.1, -0.05) is 18.2 Å². The number of nitriles is 1. The Morgan fingerprint density at radius 3 is 2.64 bits per heavy atom. The lowest BCUT2D eigenvalue weighted by Gasteiger charge is -2.19. The molecule has 1 unspecified atom stereocenters. The van der Waals surface area contributed by atoms with E-state index in [-0.39, 0.29) is 12.2 Å².